The molecule has 0 aromatic carbocycles. The minimum atomic E-state index is 0.746. The zero-order valence-corrected chi connectivity index (χ0v) is 12.2. The molecule has 0 radical (unpaired) electrons. The summed E-state index contributed by atoms with van der Waals surface area (Å²) in [6.07, 6.45) is 3.37. The van der Waals surface area contributed by atoms with E-state index in [0.717, 1.165) is 40.8 Å². The van der Waals surface area contributed by atoms with E-state index < -0.39 is 0 Å². The summed E-state index contributed by atoms with van der Waals surface area (Å²) in [7, 11) is 2.04. The van der Waals surface area contributed by atoms with Crippen molar-refractivity contribution in [2.24, 2.45) is 0 Å². The van der Waals surface area contributed by atoms with Crippen molar-refractivity contribution in [2.75, 3.05) is 7.05 Å². The largest absolute Gasteiger partial charge is 0.472 e. The molecule has 0 aliphatic rings. The Morgan fingerprint density at radius 3 is 2.85 bits per heavy atom. The average Bonchev–Trinajstić information content (AvgIpc) is 3.10. The van der Waals surface area contributed by atoms with Crippen LogP contribution in [0.1, 0.15) is 17.1 Å². The van der Waals surface area contributed by atoms with E-state index in [1.54, 1.807) is 23.9 Å². The lowest BCUT2D eigenvalue weighted by Gasteiger charge is -2.12. The van der Waals surface area contributed by atoms with Gasteiger partial charge in [0.05, 0.1) is 17.7 Å². The summed E-state index contributed by atoms with van der Waals surface area (Å²) in [6, 6.07) is 3.87. The molecule has 0 aliphatic heterocycles. The maximum Gasteiger partial charge on any atom is 0.133 e. The van der Waals surface area contributed by atoms with E-state index in [1.807, 2.05) is 26.1 Å². The molecular weight excluding hydrogens is 274 g/mol. The molecule has 0 saturated carbocycles. The van der Waals surface area contributed by atoms with Crippen LogP contribution in [0.25, 0.3) is 10.6 Å². The smallest absolute Gasteiger partial charge is 0.133 e. The third-order valence-corrected chi connectivity index (χ3v) is 3.80. The SMILES string of the molecule is Cc1cc(CN(C)Cc2csc(-c3ccoc3)n2)no1. The van der Waals surface area contributed by atoms with Crippen molar-refractivity contribution in [2.45, 2.75) is 20.0 Å². The van der Waals surface area contributed by atoms with Crippen LogP contribution in [-0.4, -0.2) is 22.1 Å². The van der Waals surface area contributed by atoms with Gasteiger partial charge in [-0.3, -0.25) is 4.90 Å². The summed E-state index contributed by atoms with van der Waals surface area (Å²) < 4.78 is 10.1. The number of nitrogens with zero attached hydrogens (tertiary/aromatic N) is 3. The summed E-state index contributed by atoms with van der Waals surface area (Å²) in [5, 5.41) is 7.06. The van der Waals surface area contributed by atoms with E-state index in [1.165, 1.54) is 0 Å². The van der Waals surface area contributed by atoms with Crippen LogP contribution in [-0.2, 0) is 13.1 Å². The maximum absolute atomic E-state index is 5.08. The summed E-state index contributed by atoms with van der Waals surface area (Å²) in [5.74, 6) is 0.837. The minimum absolute atomic E-state index is 0.746. The first-order valence-corrected chi connectivity index (χ1v) is 7.16. The number of aryl methyl sites for hydroxylation is 1. The van der Waals surface area contributed by atoms with Crippen molar-refractivity contribution in [3.8, 4) is 10.6 Å². The molecule has 0 aliphatic carbocycles. The van der Waals surface area contributed by atoms with Gasteiger partial charge in [-0.15, -0.1) is 11.3 Å². The fourth-order valence-corrected chi connectivity index (χ4v) is 2.80. The Balaban J connectivity index is 1.63. The Hall–Kier alpha value is -1.92. The van der Waals surface area contributed by atoms with Crippen LogP contribution in [0.4, 0.5) is 0 Å². The molecule has 0 amide bonds. The lowest BCUT2D eigenvalue weighted by atomic mass is 10.3. The molecule has 20 heavy (non-hydrogen) atoms. The molecule has 5 nitrogen and oxygen atoms in total. The number of hydrogen-bond donors (Lipinski definition) is 0. The van der Waals surface area contributed by atoms with Gasteiger partial charge in [0.1, 0.15) is 17.0 Å². The maximum atomic E-state index is 5.08. The molecule has 3 rings (SSSR count). The zero-order valence-electron chi connectivity index (χ0n) is 11.4. The molecule has 0 spiro atoms. The summed E-state index contributed by atoms with van der Waals surface area (Å²) >= 11 is 1.63. The Labute approximate surface area is 120 Å². The topological polar surface area (TPSA) is 55.3 Å². The third-order valence-electron chi connectivity index (χ3n) is 2.86. The van der Waals surface area contributed by atoms with Gasteiger partial charge in [-0.05, 0) is 20.0 Å². The van der Waals surface area contributed by atoms with Gasteiger partial charge in [-0.1, -0.05) is 5.16 Å². The van der Waals surface area contributed by atoms with Gasteiger partial charge in [0.15, 0.2) is 0 Å². The van der Waals surface area contributed by atoms with Crippen molar-refractivity contribution in [1.82, 2.24) is 15.0 Å². The number of thiazole rings is 1. The van der Waals surface area contributed by atoms with Crippen LogP contribution in [0.2, 0.25) is 0 Å². The monoisotopic (exact) mass is 289 g/mol. The quantitative estimate of drug-likeness (QED) is 0.721. The molecule has 3 aromatic rings. The van der Waals surface area contributed by atoms with Crippen LogP contribution >= 0.6 is 11.3 Å². The average molecular weight is 289 g/mol. The lowest BCUT2D eigenvalue weighted by Crippen LogP contribution is -2.17. The van der Waals surface area contributed by atoms with Crippen molar-refractivity contribution in [1.29, 1.82) is 0 Å². The minimum Gasteiger partial charge on any atom is -0.472 e. The highest BCUT2D eigenvalue weighted by Crippen LogP contribution is 2.24. The first-order valence-electron chi connectivity index (χ1n) is 6.28. The molecular formula is C14H15N3O2S. The van der Waals surface area contributed by atoms with Crippen molar-refractivity contribution < 1.29 is 8.94 Å². The molecule has 0 atom stereocenters. The second-order valence-electron chi connectivity index (χ2n) is 4.76. The zero-order chi connectivity index (χ0) is 13.9. The van der Waals surface area contributed by atoms with Gasteiger partial charge in [-0.25, -0.2) is 4.98 Å². The van der Waals surface area contributed by atoms with Crippen LogP contribution < -0.4 is 0 Å². The molecule has 6 heteroatoms. The molecule has 0 fully saturated rings. The van der Waals surface area contributed by atoms with Crippen LogP contribution in [0.15, 0.2) is 39.0 Å². The van der Waals surface area contributed by atoms with Crippen LogP contribution in [0, 0.1) is 6.92 Å². The van der Waals surface area contributed by atoms with Crippen LogP contribution in [0.3, 0.4) is 0 Å². The van der Waals surface area contributed by atoms with E-state index in [2.05, 4.69) is 20.4 Å². The van der Waals surface area contributed by atoms with Gasteiger partial charge in [0, 0.05) is 30.1 Å². The summed E-state index contributed by atoms with van der Waals surface area (Å²) in [6.45, 7) is 3.42. The van der Waals surface area contributed by atoms with Gasteiger partial charge >= 0.3 is 0 Å². The third kappa shape index (κ3) is 2.97. The number of rotatable bonds is 5. The molecule has 0 bridgehead atoms. The predicted octanol–water partition coefficient (Wildman–Crippen LogP) is 3.33. The highest BCUT2D eigenvalue weighted by Gasteiger charge is 2.10. The second-order valence-corrected chi connectivity index (χ2v) is 5.62. The number of hydrogen-bond acceptors (Lipinski definition) is 6. The molecule has 0 N–H and O–H groups in total. The van der Waals surface area contributed by atoms with E-state index in [0.29, 0.717) is 0 Å². The standard InChI is InChI=1S/C14H15N3O2S/c1-10-5-12(16-19-10)6-17(2)7-13-9-20-14(15-13)11-3-4-18-8-11/h3-5,8-9H,6-7H2,1-2H3. The Kier molecular flexibility index (Phi) is 3.66. The predicted molar refractivity (Wildman–Crippen MR) is 76.2 cm³/mol. The van der Waals surface area contributed by atoms with E-state index in [9.17, 15) is 0 Å². The molecule has 3 heterocycles. The normalized spacial score (nSPS) is 11.3. The van der Waals surface area contributed by atoms with E-state index in [-0.39, 0.29) is 0 Å². The fourth-order valence-electron chi connectivity index (χ4n) is 2.00. The van der Waals surface area contributed by atoms with E-state index >= 15 is 0 Å². The van der Waals surface area contributed by atoms with Crippen LogP contribution in [0.5, 0.6) is 0 Å². The van der Waals surface area contributed by atoms with Crippen molar-refractivity contribution in [3.05, 3.63) is 47.2 Å². The van der Waals surface area contributed by atoms with E-state index in [4.69, 9.17) is 8.94 Å². The first-order chi connectivity index (χ1) is 9.70. The molecule has 0 unspecified atom stereocenters. The second kappa shape index (κ2) is 5.60. The van der Waals surface area contributed by atoms with Gasteiger partial charge in [0.25, 0.3) is 0 Å². The Bertz CT molecular complexity index is 672. The first kappa shape index (κ1) is 13.1. The van der Waals surface area contributed by atoms with Crippen molar-refractivity contribution >= 4 is 11.3 Å². The summed E-state index contributed by atoms with van der Waals surface area (Å²) in [5.41, 5.74) is 3.01. The number of aromatic nitrogens is 2. The fraction of sp³-hybridized carbons (Fsp3) is 0.286. The molecule has 3 aromatic heterocycles. The van der Waals surface area contributed by atoms with Crippen molar-refractivity contribution in [3.63, 3.8) is 0 Å². The Morgan fingerprint density at radius 2 is 2.15 bits per heavy atom. The molecule has 104 valence electrons. The highest BCUT2D eigenvalue weighted by molar-refractivity contribution is 7.13. The number of furan rings is 1. The lowest BCUT2D eigenvalue weighted by molar-refractivity contribution is 0.299. The summed E-state index contributed by atoms with van der Waals surface area (Å²) in [4.78, 5) is 6.77. The Morgan fingerprint density at radius 1 is 1.30 bits per heavy atom. The van der Waals surface area contributed by atoms with Gasteiger partial charge in [0.2, 0.25) is 0 Å². The molecule has 0 saturated heterocycles. The highest BCUT2D eigenvalue weighted by atomic mass is 32.1. The van der Waals surface area contributed by atoms with Gasteiger partial charge < -0.3 is 8.94 Å². The van der Waals surface area contributed by atoms with Gasteiger partial charge in [-0.2, -0.15) is 0 Å².